The van der Waals surface area contributed by atoms with Crippen LogP contribution < -0.4 is 10.5 Å². The second-order valence-electron chi connectivity index (χ2n) is 3.71. The summed E-state index contributed by atoms with van der Waals surface area (Å²) in [5.74, 6) is -0.115. The fraction of sp³-hybridized carbons (Fsp3) is 0.143. The van der Waals surface area contributed by atoms with E-state index in [1.807, 2.05) is 30.3 Å². The number of hydrogen-bond donors (Lipinski definition) is 1. The molecule has 0 radical (unpaired) electrons. The molecule has 2 aromatic carbocycles. The van der Waals surface area contributed by atoms with Crippen LogP contribution >= 0.6 is 12.4 Å². The maximum atomic E-state index is 13.6. The smallest absolute Gasteiger partial charge is 0.165 e. The fourth-order valence-electron chi connectivity index (χ4n) is 1.81. The van der Waals surface area contributed by atoms with Gasteiger partial charge in [-0.15, -0.1) is 12.4 Å². The van der Waals surface area contributed by atoms with Crippen LogP contribution in [0.4, 0.5) is 4.39 Å². The standard InChI is InChI=1S/C14H14FNO.ClH/c1-17-14-7-6-10(8-13(14)15)12-5-3-2-4-11(12)9-16;/h2-8H,9,16H2,1H3;1H. The maximum absolute atomic E-state index is 13.6. The maximum Gasteiger partial charge on any atom is 0.165 e. The molecule has 0 amide bonds. The van der Waals surface area contributed by atoms with E-state index >= 15 is 0 Å². The molecule has 18 heavy (non-hydrogen) atoms. The van der Waals surface area contributed by atoms with Crippen molar-refractivity contribution in [1.29, 1.82) is 0 Å². The molecule has 0 atom stereocenters. The Morgan fingerprint density at radius 3 is 2.50 bits per heavy atom. The molecule has 0 aliphatic rings. The van der Waals surface area contributed by atoms with Crippen LogP contribution in [0, 0.1) is 5.82 Å². The van der Waals surface area contributed by atoms with Crippen molar-refractivity contribution in [3.63, 3.8) is 0 Å². The summed E-state index contributed by atoms with van der Waals surface area (Å²) in [6, 6.07) is 12.6. The van der Waals surface area contributed by atoms with Gasteiger partial charge in [-0.25, -0.2) is 4.39 Å². The quantitative estimate of drug-likeness (QED) is 0.925. The zero-order chi connectivity index (χ0) is 12.3. The van der Waals surface area contributed by atoms with Crippen LogP contribution in [0.2, 0.25) is 0 Å². The Morgan fingerprint density at radius 1 is 1.17 bits per heavy atom. The summed E-state index contributed by atoms with van der Waals surface area (Å²) < 4.78 is 18.5. The molecule has 2 nitrogen and oxygen atoms in total. The lowest BCUT2D eigenvalue weighted by Gasteiger charge is -2.09. The Balaban J connectivity index is 0.00000162. The molecular weight excluding hydrogens is 253 g/mol. The van der Waals surface area contributed by atoms with Crippen molar-refractivity contribution < 1.29 is 9.13 Å². The average Bonchev–Trinajstić information content (AvgIpc) is 2.38. The minimum absolute atomic E-state index is 0. The highest BCUT2D eigenvalue weighted by molar-refractivity contribution is 5.85. The van der Waals surface area contributed by atoms with Gasteiger partial charge in [0.25, 0.3) is 0 Å². The lowest BCUT2D eigenvalue weighted by molar-refractivity contribution is 0.386. The predicted molar refractivity (Wildman–Crippen MR) is 73.5 cm³/mol. The van der Waals surface area contributed by atoms with Crippen molar-refractivity contribution in [3.8, 4) is 16.9 Å². The predicted octanol–water partition coefficient (Wildman–Crippen LogP) is 3.38. The summed E-state index contributed by atoms with van der Waals surface area (Å²) in [7, 11) is 1.45. The summed E-state index contributed by atoms with van der Waals surface area (Å²) in [5.41, 5.74) is 8.43. The van der Waals surface area contributed by atoms with Gasteiger partial charge >= 0.3 is 0 Å². The van der Waals surface area contributed by atoms with E-state index in [1.54, 1.807) is 6.07 Å². The summed E-state index contributed by atoms with van der Waals surface area (Å²) in [4.78, 5) is 0. The van der Waals surface area contributed by atoms with Gasteiger partial charge in [-0.1, -0.05) is 30.3 Å². The van der Waals surface area contributed by atoms with Crippen LogP contribution in [0.3, 0.4) is 0 Å². The molecule has 2 N–H and O–H groups in total. The molecule has 0 spiro atoms. The van der Waals surface area contributed by atoms with Crippen molar-refractivity contribution in [1.82, 2.24) is 0 Å². The number of halogens is 2. The highest BCUT2D eigenvalue weighted by Gasteiger charge is 2.07. The topological polar surface area (TPSA) is 35.2 Å². The molecule has 0 bridgehead atoms. The first-order valence-electron chi connectivity index (χ1n) is 5.38. The summed E-state index contributed by atoms with van der Waals surface area (Å²) in [6.07, 6.45) is 0. The van der Waals surface area contributed by atoms with Crippen molar-refractivity contribution >= 4 is 12.4 Å². The zero-order valence-electron chi connectivity index (χ0n) is 10.0. The van der Waals surface area contributed by atoms with Crippen molar-refractivity contribution in [3.05, 3.63) is 53.8 Å². The molecule has 96 valence electrons. The average molecular weight is 268 g/mol. The molecule has 0 unspecified atom stereocenters. The molecule has 0 saturated heterocycles. The lowest BCUT2D eigenvalue weighted by Crippen LogP contribution is -1.99. The van der Waals surface area contributed by atoms with Gasteiger partial charge in [0.1, 0.15) is 0 Å². The molecule has 0 fully saturated rings. The molecule has 4 heteroatoms. The van der Waals surface area contributed by atoms with E-state index in [2.05, 4.69) is 0 Å². The SMILES string of the molecule is COc1ccc(-c2ccccc2CN)cc1F.Cl. The summed E-state index contributed by atoms with van der Waals surface area (Å²) in [5, 5.41) is 0. The lowest BCUT2D eigenvalue weighted by atomic mass is 9.99. The number of ether oxygens (including phenoxy) is 1. The van der Waals surface area contributed by atoms with Crippen LogP contribution in [-0.4, -0.2) is 7.11 Å². The molecule has 0 aromatic heterocycles. The van der Waals surface area contributed by atoms with Gasteiger partial charge in [0.2, 0.25) is 0 Å². The first-order valence-corrected chi connectivity index (χ1v) is 5.38. The molecule has 2 rings (SSSR count). The van der Waals surface area contributed by atoms with E-state index in [1.165, 1.54) is 13.2 Å². The summed E-state index contributed by atoms with van der Waals surface area (Å²) in [6.45, 7) is 0.434. The van der Waals surface area contributed by atoms with Crippen molar-refractivity contribution in [2.75, 3.05) is 7.11 Å². The van der Waals surface area contributed by atoms with Gasteiger partial charge in [0.05, 0.1) is 7.11 Å². The molecule has 0 aliphatic heterocycles. The Kier molecular flexibility index (Phi) is 5.13. The molecular formula is C14H15ClFNO. The highest BCUT2D eigenvalue weighted by Crippen LogP contribution is 2.27. The van der Waals surface area contributed by atoms with E-state index in [0.717, 1.165) is 16.7 Å². The van der Waals surface area contributed by atoms with Gasteiger partial charge in [0.15, 0.2) is 11.6 Å². The Morgan fingerprint density at radius 2 is 1.89 bits per heavy atom. The van der Waals surface area contributed by atoms with Crippen LogP contribution in [0.5, 0.6) is 5.75 Å². The van der Waals surface area contributed by atoms with Crippen LogP contribution in [0.1, 0.15) is 5.56 Å². The fourth-order valence-corrected chi connectivity index (χ4v) is 1.81. The Bertz CT molecular complexity index is 531. The second-order valence-corrected chi connectivity index (χ2v) is 3.71. The number of methoxy groups -OCH3 is 1. The van der Waals surface area contributed by atoms with E-state index in [4.69, 9.17) is 10.5 Å². The molecule has 0 aliphatic carbocycles. The van der Waals surface area contributed by atoms with E-state index in [-0.39, 0.29) is 24.0 Å². The van der Waals surface area contributed by atoms with Gasteiger partial charge < -0.3 is 10.5 Å². The number of hydrogen-bond acceptors (Lipinski definition) is 2. The third-order valence-corrected chi connectivity index (χ3v) is 2.70. The molecule has 2 aromatic rings. The second kappa shape index (κ2) is 6.38. The third-order valence-electron chi connectivity index (χ3n) is 2.70. The Labute approximate surface area is 112 Å². The highest BCUT2D eigenvalue weighted by atomic mass is 35.5. The molecule has 0 heterocycles. The number of benzene rings is 2. The van der Waals surface area contributed by atoms with Gasteiger partial charge in [-0.05, 0) is 28.8 Å². The zero-order valence-corrected chi connectivity index (χ0v) is 10.8. The van der Waals surface area contributed by atoms with E-state index in [0.29, 0.717) is 6.54 Å². The van der Waals surface area contributed by atoms with E-state index in [9.17, 15) is 4.39 Å². The number of nitrogens with two attached hydrogens (primary N) is 1. The minimum atomic E-state index is -0.364. The minimum Gasteiger partial charge on any atom is -0.494 e. The van der Waals surface area contributed by atoms with Crippen LogP contribution in [-0.2, 0) is 6.54 Å². The molecule has 0 saturated carbocycles. The van der Waals surface area contributed by atoms with E-state index < -0.39 is 0 Å². The summed E-state index contributed by atoms with van der Waals surface area (Å²) >= 11 is 0. The van der Waals surface area contributed by atoms with Crippen LogP contribution in [0.15, 0.2) is 42.5 Å². The van der Waals surface area contributed by atoms with Crippen molar-refractivity contribution in [2.45, 2.75) is 6.54 Å². The van der Waals surface area contributed by atoms with Crippen LogP contribution in [0.25, 0.3) is 11.1 Å². The third kappa shape index (κ3) is 2.81. The first kappa shape index (κ1) is 14.5. The first-order chi connectivity index (χ1) is 8.26. The monoisotopic (exact) mass is 267 g/mol. The van der Waals surface area contributed by atoms with Gasteiger partial charge in [-0.3, -0.25) is 0 Å². The normalized spacial score (nSPS) is 9.72. The van der Waals surface area contributed by atoms with Gasteiger partial charge in [-0.2, -0.15) is 0 Å². The Hall–Kier alpha value is -1.58. The largest absolute Gasteiger partial charge is 0.494 e. The van der Waals surface area contributed by atoms with Gasteiger partial charge in [0, 0.05) is 6.54 Å². The van der Waals surface area contributed by atoms with Crippen molar-refractivity contribution in [2.24, 2.45) is 5.73 Å². The number of rotatable bonds is 3.